The van der Waals surface area contributed by atoms with Gasteiger partial charge in [0, 0.05) is 12.1 Å². The van der Waals surface area contributed by atoms with E-state index in [1.54, 1.807) is 12.1 Å². The van der Waals surface area contributed by atoms with Crippen LogP contribution < -0.4 is 11.1 Å². The van der Waals surface area contributed by atoms with Gasteiger partial charge in [-0.2, -0.15) is 0 Å². The largest absolute Gasteiger partial charge is 0.478 e. The molecule has 5 nitrogen and oxygen atoms in total. The zero-order chi connectivity index (χ0) is 14.1. The van der Waals surface area contributed by atoms with Gasteiger partial charge in [0.05, 0.1) is 5.56 Å². The van der Waals surface area contributed by atoms with E-state index in [1.807, 2.05) is 0 Å². The van der Waals surface area contributed by atoms with E-state index in [9.17, 15) is 9.59 Å². The summed E-state index contributed by atoms with van der Waals surface area (Å²) in [4.78, 5) is 22.3. The number of hydrogen-bond acceptors (Lipinski definition) is 3. The number of nitrogens with two attached hydrogens (primary N) is 1. The lowest BCUT2D eigenvalue weighted by Crippen LogP contribution is -2.11. The maximum Gasteiger partial charge on any atom is 0.335 e. The topological polar surface area (TPSA) is 92.4 Å². The van der Waals surface area contributed by atoms with Crippen molar-refractivity contribution in [2.75, 3.05) is 11.9 Å². The summed E-state index contributed by atoms with van der Waals surface area (Å²) in [6.45, 7) is 0.697. The lowest BCUT2D eigenvalue weighted by Gasteiger charge is -2.05. The van der Waals surface area contributed by atoms with E-state index in [0.717, 1.165) is 25.7 Å². The third-order valence-electron chi connectivity index (χ3n) is 2.77. The van der Waals surface area contributed by atoms with Crippen LogP contribution in [0.1, 0.15) is 42.5 Å². The molecule has 1 rings (SSSR count). The Morgan fingerprint density at radius 1 is 1.05 bits per heavy atom. The predicted octanol–water partition coefficient (Wildman–Crippen LogP) is 2.23. The number of hydrogen-bond donors (Lipinski definition) is 3. The van der Waals surface area contributed by atoms with Crippen molar-refractivity contribution in [3.05, 3.63) is 29.8 Å². The fourth-order valence-corrected chi connectivity index (χ4v) is 1.70. The van der Waals surface area contributed by atoms with Crippen molar-refractivity contribution in [3.63, 3.8) is 0 Å². The highest BCUT2D eigenvalue weighted by Gasteiger charge is 2.04. The van der Waals surface area contributed by atoms with Gasteiger partial charge in [0.2, 0.25) is 5.91 Å². The second-order valence-corrected chi connectivity index (χ2v) is 4.38. The summed E-state index contributed by atoms with van der Waals surface area (Å²) in [6.07, 6.45) is 4.38. The molecule has 0 radical (unpaired) electrons. The van der Waals surface area contributed by atoms with Crippen molar-refractivity contribution in [2.24, 2.45) is 5.73 Å². The number of benzene rings is 1. The molecule has 0 saturated heterocycles. The molecule has 0 heterocycles. The molecule has 19 heavy (non-hydrogen) atoms. The zero-order valence-electron chi connectivity index (χ0n) is 10.9. The molecular formula is C14H20N2O3. The van der Waals surface area contributed by atoms with Gasteiger partial charge in [0.15, 0.2) is 0 Å². The molecule has 4 N–H and O–H groups in total. The van der Waals surface area contributed by atoms with Crippen LogP contribution in [0.4, 0.5) is 5.69 Å². The normalized spacial score (nSPS) is 10.2. The van der Waals surface area contributed by atoms with E-state index in [2.05, 4.69) is 5.32 Å². The summed E-state index contributed by atoms with van der Waals surface area (Å²) in [6, 6.07) is 6.13. The van der Waals surface area contributed by atoms with E-state index in [1.165, 1.54) is 12.1 Å². The van der Waals surface area contributed by atoms with Gasteiger partial charge in [0.1, 0.15) is 0 Å². The third kappa shape index (κ3) is 6.01. The molecule has 0 bridgehead atoms. The molecule has 0 spiro atoms. The number of rotatable bonds is 8. The van der Waals surface area contributed by atoms with Gasteiger partial charge in [-0.1, -0.05) is 12.8 Å². The highest BCUT2D eigenvalue weighted by molar-refractivity contribution is 5.92. The number of aromatic carboxylic acids is 1. The van der Waals surface area contributed by atoms with Gasteiger partial charge in [-0.25, -0.2) is 4.79 Å². The lowest BCUT2D eigenvalue weighted by molar-refractivity contribution is -0.116. The number of nitrogens with one attached hydrogen (secondary N) is 1. The Bertz CT molecular complexity index is 415. The standard InChI is InChI=1S/C14H20N2O3/c15-10-4-2-1-3-5-13(17)16-12-8-6-11(7-9-12)14(18)19/h6-9H,1-5,10,15H2,(H,16,17)(H,18,19). The molecular weight excluding hydrogens is 244 g/mol. The molecule has 0 aliphatic heterocycles. The summed E-state index contributed by atoms with van der Waals surface area (Å²) in [5.74, 6) is -1.02. The molecule has 0 atom stereocenters. The molecule has 0 aliphatic rings. The molecule has 0 aromatic heterocycles. The number of anilines is 1. The fraction of sp³-hybridized carbons (Fsp3) is 0.429. The zero-order valence-corrected chi connectivity index (χ0v) is 10.9. The number of amides is 1. The Balaban J connectivity index is 2.30. The summed E-state index contributed by atoms with van der Waals surface area (Å²) < 4.78 is 0. The minimum absolute atomic E-state index is 0.0455. The van der Waals surface area contributed by atoms with E-state index < -0.39 is 5.97 Å². The van der Waals surface area contributed by atoms with Crippen LogP contribution in [0.3, 0.4) is 0 Å². The molecule has 0 aliphatic carbocycles. The Kier molecular flexibility index (Phi) is 6.60. The van der Waals surface area contributed by atoms with E-state index >= 15 is 0 Å². The van der Waals surface area contributed by atoms with E-state index in [4.69, 9.17) is 10.8 Å². The summed E-state index contributed by atoms with van der Waals surface area (Å²) >= 11 is 0. The van der Waals surface area contributed by atoms with Crippen LogP contribution in [0.15, 0.2) is 24.3 Å². The maximum atomic E-state index is 11.6. The van der Waals surface area contributed by atoms with Gasteiger partial charge >= 0.3 is 5.97 Å². The van der Waals surface area contributed by atoms with Crippen LogP contribution in [0.25, 0.3) is 0 Å². The van der Waals surface area contributed by atoms with Crippen LogP contribution in [-0.2, 0) is 4.79 Å². The Morgan fingerprint density at radius 3 is 2.26 bits per heavy atom. The van der Waals surface area contributed by atoms with Crippen molar-refractivity contribution < 1.29 is 14.7 Å². The first-order valence-electron chi connectivity index (χ1n) is 6.47. The average molecular weight is 264 g/mol. The van der Waals surface area contributed by atoms with Crippen molar-refractivity contribution in [3.8, 4) is 0 Å². The van der Waals surface area contributed by atoms with Gasteiger partial charge in [-0.3, -0.25) is 4.79 Å². The molecule has 1 amide bonds. The van der Waals surface area contributed by atoms with Gasteiger partial charge in [0.25, 0.3) is 0 Å². The minimum atomic E-state index is -0.974. The molecule has 0 fully saturated rings. The average Bonchev–Trinajstić information content (AvgIpc) is 2.39. The Hall–Kier alpha value is -1.88. The van der Waals surface area contributed by atoms with Crippen molar-refractivity contribution in [1.82, 2.24) is 0 Å². The van der Waals surface area contributed by atoms with Crippen LogP contribution in [0.5, 0.6) is 0 Å². The molecule has 5 heteroatoms. The molecule has 1 aromatic rings. The Labute approximate surface area is 112 Å². The second kappa shape index (κ2) is 8.26. The number of unbranched alkanes of at least 4 members (excludes halogenated alkanes) is 3. The number of carboxylic acid groups (broad SMARTS) is 1. The maximum absolute atomic E-state index is 11.6. The molecule has 0 saturated carbocycles. The minimum Gasteiger partial charge on any atom is -0.478 e. The number of carbonyl (C=O) groups excluding carboxylic acids is 1. The summed E-state index contributed by atoms with van der Waals surface area (Å²) in [5.41, 5.74) is 6.22. The van der Waals surface area contributed by atoms with Crippen LogP contribution in [0.2, 0.25) is 0 Å². The number of carbonyl (C=O) groups is 2. The van der Waals surface area contributed by atoms with Crippen molar-refractivity contribution >= 4 is 17.6 Å². The van der Waals surface area contributed by atoms with Crippen molar-refractivity contribution in [2.45, 2.75) is 32.1 Å². The first-order valence-corrected chi connectivity index (χ1v) is 6.47. The number of carboxylic acids is 1. The molecule has 104 valence electrons. The van der Waals surface area contributed by atoms with Crippen molar-refractivity contribution in [1.29, 1.82) is 0 Å². The third-order valence-corrected chi connectivity index (χ3v) is 2.77. The van der Waals surface area contributed by atoms with Gasteiger partial charge in [-0.05, 0) is 43.7 Å². The van der Waals surface area contributed by atoms with Gasteiger partial charge < -0.3 is 16.2 Å². The quantitative estimate of drug-likeness (QED) is 0.628. The smallest absolute Gasteiger partial charge is 0.335 e. The highest BCUT2D eigenvalue weighted by atomic mass is 16.4. The van der Waals surface area contributed by atoms with E-state index in [0.29, 0.717) is 18.7 Å². The molecule has 1 aromatic carbocycles. The monoisotopic (exact) mass is 264 g/mol. The van der Waals surface area contributed by atoms with Crippen LogP contribution in [-0.4, -0.2) is 23.5 Å². The predicted molar refractivity (Wildman–Crippen MR) is 74.2 cm³/mol. The SMILES string of the molecule is NCCCCCCC(=O)Nc1ccc(C(=O)O)cc1. The fourth-order valence-electron chi connectivity index (χ4n) is 1.70. The molecule has 0 unspecified atom stereocenters. The highest BCUT2D eigenvalue weighted by Crippen LogP contribution is 2.11. The first kappa shape index (κ1) is 15.2. The second-order valence-electron chi connectivity index (χ2n) is 4.38. The summed E-state index contributed by atoms with van der Waals surface area (Å²) in [7, 11) is 0. The lowest BCUT2D eigenvalue weighted by atomic mass is 10.1. The van der Waals surface area contributed by atoms with Crippen LogP contribution in [0, 0.1) is 0 Å². The van der Waals surface area contributed by atoms with E-state index in [-0.39, 0.29) is 11.5 Å². The Morgan fingerprint density at radius 2 is 1.68 bits per heavy atom. The van der Waals surface area contributed by atoms with Gasteiger partial charge in [-0.15, -0.1) is 0 Å². The first-order chi connectivity index (χ1) is 9.13. The van der Waals surface area contributed by atoms with Crippen LogP contribution >= 0.6 is 0 Å². The summed E-state index contributed by atoms with van der Waals surface area (Å²) in [5, 5.41) is 11.5.